The molecular weight excluding hydrogens is 182 g/mol. The average Bonchev–Trinajstić information content (AvgIpc) is 2.17. The van der Waals surface area contributed by atoms with E-state index in [9.17, 15) is 9.90 Å². The summed E-state index contributed by atoms with van der Waals surface area (Å²) in [7, 11) is 0. The SMILES string of the molecule is Cc1ccc(C(O)C(=O)O)cc1C#N. The quantitative estimate of drug-likeness (QED) is 0.730. The van der Waals surface area contributed by atoms with Crippen LogP contribution in [-0.4, -0.2) is 16.2 Å². The van der Waals surface area contributed by atoms with Gasteiger partial charge >= 0.3 is 5.97 Å². The Morgan fingerprint density at radius 1 is 1.57 bits per heavy atom. The fourth-order valence-electron chi connectivity index (χ4n) is 1.07. The van der Waals surface area contributed by atoms with Crippen LogP contribution in [0.1, 0.15) is 22.8 Å². The molecule has 0 radical (unpaired) electrons. The number of carbonyl (C=O) groups is 1. The van der Waals surface area contributed by atoms with Crippen LogP contribution in [0.15, 0.2) is 18.2 Å². The van der Waals surface area contributed by atoms with E-state index >= 15 is 0 Å². The fraction of sp³-hybridized carbons (Fsp3) is 0.200. The van der Waals surface area contributed by atoms with E-state index in [1.807, 2.05) is 6.07 Å². The van der Waals surface area contributed by atoms with Crippen molar-refractivity contribution in [2.45, 2.75) is 13.0 Å². The van der Waals surface area contributed by atoms with Crippen molar-refractivity contribution in [2.75, 3.05) is 0 Å². The van der Waals surface area contributed by atoms with E-state index in [-0.39, 0.29) is 5.56 Å². The number of hydrogen-bond acceptors (Lipinski definition) is 3. The van der Waals surface area contributed by atoms with Crippen LogP contribution in [0, 0.1) is 18.3 Å². The fourth-order valence-corrected chi connectivity index (χ4v) is 1.07. The third-order valence-corrected chi connectivity index (χ3v) is 1.93. The molecular formula is C10H9NO3. The molecule has 1 rings (SSSR count). The maximum atomic E-state index is 10.5. The number of nitriles is 1. The number of hydrogen-bond donors (Lipinski definition) is 2. The number of carboxylic acid groups (broad SMARTS) is 1. The molecule has 0 aliphatic heterocycles. The van der Waals surface area contributed by atoms with Gasteiger partial charge in [-0.25, -0.2) is 4.79 Å². The van der Waals surface area contributed by atoms with E-state index in [1.165, 1.54) is 12.1 Å². The molecule has 0 fully saturated rings. The number of aliphatic hydroxyl groups excluding tert-OH is 1. The molecule has 1 aromatic carbocycles. The van der Waals surface area contributed by atoms with E-state index < -0.39 is 12.1 Å². The van der Waals surface area contributed by atoms with Crippen molar-refractivity contribution < 1.29 is 15.0 Å². The molecule has 0 heterocycles. The Hall–Kier alpha value is -1.86. The molecule has 0 saturated carbocycles. The van der Waals surface area contributed by atoms with Crippen molar-refractivity contribution in [2.24, 2.45) is 0 Å². The highest BCUT2D eigenvalue weighted by atomic mass is 16.4. The van der Waals surface area contributed by atoms with Gasteiger partial charge in [-0.3, -0.25) is 0 Å². The molecule has 4 heteroatoms. The van der Waals surface area contributed by atoms with Gasteiger partial charge in [0.25, 0.3) is 0 Å². The van der Waals surface area contributed by atoms with E-state index in [1.54, 1.807) is 13.0 Å². The van der Waals surface area contributed by atoms with Crippen LogP contribution >= 0.6 is 0 Å². The van der Waals surface area contributed by atoms with Crippen molar-refractivity contribution in [1.82, 2.24) is 0 Å². The highest BCUT2D eigenvalue weighted by Crippen LogP contribution is 2.17. The molecule has 14 heavy (non-hydrogen) atoms. The predicted molar refractivity (Wildman–Crippen MR) is 48.5 cm³/mol. The first-order chi connectivity index (χ1) is 6.56. The first-order valence-electron chi connectivity index (χ1n) is 3.97. The Balaban J connectivity index is 3.14. The number of carboxylic acids is 1. The summed E-state index contributed by atoms with van der Waals surface area (Å²) >= 11 is 0. The summed E-state index contributed by atoms with van der Waals surface area (Å²) in [4.78, 5) is 10.5. The van der Waals surface area contributed by atoms with Gasteiger partial charge in [-0.05, 0) is 24.1 Å². The molecule has 1 aromatic rings. The number of rotatable bonds is 2. The summed E-state index contributed by atoms with van der Waals surface area (Å²) in [5, 5.41) is 26.4. The smallest absolute Gasteiger partial charge is 0.337 e. The number of nitrogens with zero attached hydrogens (tertiary/aromatic N) is 1. The average molecular weight is 191 g/mol. The Bertz CT molecular complexity index is 406. The van der Waals surface area contributed by atoms with Crippen LogP contribution in [0.25, 0.3) is 0 Å². The van der Waals surface area contributed by atoms with Crippen LogP contribution in [0.2, 0.25) is 0 Å². The topological polar surface area (TPSA) is 81.3 Å². The normalized spacial score (nSPS) is 11.8. The van der Waals surface area contributed by atoms with E-state index in [2.05, 4.69) is 0 Å². The molecule has 0 bridgehead atoms. The zero-order valence-corrected chi connectivity index (χ0v) is 7.56. The Labute approximate surface area is 81.0 Å². The lowest BCUT2D eigenvalue weighted by atomic mass is 10.0. The summed E-state index contributed by atoms with van der Waals surface area (Å²) in [6, 6.07) is 6.41. The van der Waals surface area contributed by atoms with Gasteiger partial charge < -0.3 is 10.2 Å². The van der Waals surface area contributed by atoms with Crippen LogP contribution in [0.4, 0.5) is 0 Å². The second-order valence-electron chi connectivity index (χ2n) is 2.93. The second kappa shape index (κ2) is 3.90. The molecule has 2 N–H and O–H groups in total. The first kappa shape index (κ1) is 10.2. The molecule has 0 aromatic heterocycles. The van der Waals surface area contributed by atoms with Crippen LogP contribution in [0.3, 0.4) is 0 Å². The van der Waals surface area contributed by atoms with Crippen LogP contribution in [0.5, 0.6) is 0 Å². The molecule has 1 atom stereocenters. The van der Waals surface area contributed by atoms with Crippen LogP contribution in [-0.2, 0) is 4.79 Å². The van der Waals surface area contributed by atoms with Crippen molar-refractivity contribution in [3.63, 3.8) is 0 Å². The van der Waals surface area contributed by atoms with Crippen molar-refractivity contribution >= 4 is 5.97 Å². The van der Waals surface area contributed by atoms with E-state index in [4.69, 9.17) is 10.4 Å². The van der Waals surface area contributed by atoms with Gasteiger partial charge in [0.2, 0.25) is 0 Å². The van der Waals surface area contributed by atoms with Gasteiger partial charge in [-0.1, -0.05) is 12.1 Å². The van der Waals surface area contributed by atoms with Crippen molar-refractivity contribution in [3.8, 4) is 6.07 Å². The standard InChI is InChI=1S/C10H9NO3/c1-6-2-3-7(4-8(6)5-11)9(12)10(13)14/h2-4,9,12H,1H3,(H,13,14). The van der Waals surface area contributed by atoms with E-state index in [0.717, 1.165) is 5.56 Å². The molecule has 72 valence electrons. The molecule has 0 spiro atoms. The third kappa shape index (κ3) is 1.90. The van der Waals surface area contributed by atoms with Crippen molar-refractivity contribution in [3.05, 3.63) is 34.9 Å². The van der Waals surface area contributed by atoms with E-state index in [0.29, 0.717) is 5.56 Å². The summed E-state index contributed by atoms with van der Waals surface area (Å²) in [5.74, 6) is -1.32. The summed E-state index contributed by atoms with van der Waals surface area (Å²) in [6.07, 6.45) is -1.57. The van der Waals surface area contributed by atoms with Gasteiger partial charge in [0, 0.05) is 0 Å². The lowest BCUT2D eigenvalue weighted by Crippen LogP contribution is -2.10. The molecule has 0 aliphatic rings. The summed E-state index contributed by atoms with van der Waals surface area (Å²) in [6.45, 7) is 1.75. The molecule has 0 amide bonds. The Morgan fingerprint density at radius 2 is 2.21 bits per heavy atom. The highest BCUT2D eigenvalue weighted by molar-refractivity contribution is 5.74. The molecule has 4 nitrogen and oxygen atoms in total. The van der Waals surface area contributed by atoms with Gasteiger partial charge in [-0.2, -0.15) is 5.26 Å². The van der Waals surface area contributed by atoms with Gasteiger partial charge in [0.15, 0.2) is 6.10 Å². The third-order valence-electron chi connectivity index (χ3n) is 1.93. The minimum Gasteiger partial charge on any atom is -0.479 e. The maximum absolute atomic E-state index is 10.5. The number of aliphatic hydroxyl groups is 1. The lowest BCUT2D eigenvalue weighted by Gasteiger charge is -2.06. The monoisotopic (exact) mass is 191 g/mol. The first-order valence-corrected chi connectivity index (χ1v) is 3.97. The zero-order chi connectivity index (χ0) is 10.7. The Morgan fingerprint density at radius 3 is 2.71 bits per heavy atom. The number of aliphatic carboxylic acids is 1. The van der Waals surface area contributed by atoms with Gasteiger partial charge in [0.05, 0.1) is 11.6 Å². The maximum Gasteiger partial charge on any atom is 0.337 e. The highest BCUT2D eigenvalue weighted by Gasteiger charge is 2.16. The minimum absolute atomic E-state index is 0.222. The lowest BCUT2D eigenvalue weighted by molar-refractivity contribution is -0.146. The van der Waals surface area contributed by atoms with Gasteiger partial charge in [-0.15, -0.1) is 0 Å². The van der Waals surface area contributed by atoms with Gasteiger partial charge in [0.1, 0.15) is 0 Å². The minimum atomic E-state index is -1.57. The summed E-state index contributed by atoms with van der Waals surface area (Å²) < 4.78 is 0. The Kier molecular flexibility index (Phi) is 2.85. The molecule has 0 aliphatic carbocycles. The largest absolute Gasteiger partial charge is 0.479 e. The van der Waals surface area contributed by atoms with Crippen molar-refractivity contribution in [1.29, 1.82) is 5.26 Å². The van der Waals surface area contributed by atoms with Crippen LogP contribution < -0.4 is 0 Å². The number of aryl methyl sites for hydroxylation is 1. The zero-order valence-electron chi connectivity index (χ0n) is 7.56. The molecule has 1 unspecified atom stereocenters. The second-order valence-corrected chi connectivity index (χ2v) is 2.93. The molecule has 0 saturated heterocycles. The predicted octanol–water partition coefficient (Wildman–Crippen LogP) is 0.985. The number of benzene rings is 1. The summed E-state index contributed by atoms with van der Waals surface area (Å²) in [5.41, 5.74) is 1.36.